The van der Waals surface area contributed by atoms with E-state index in [2.05, 4.69) is 9.36 Å². The number of rotatable bonds is 0. The van der Waals surface area contributed by atoms with Gasteiger partial charge < -0.3 is 5.48 Å². The van der Waals surface area contributed by atoms with Crippen LogP contribution in [0, 0.1) is 0 Å². The number of hydrogen-bond donors (Lipinski definition) is 0. The van der Waals surface area contributed by atoms with Crippen molar-refractivity contribution in [3.05, 3.63) is 0 Å². The average Bonchev–Trinajstić information content (AvgIpc) is 0.918. The summed E-state index contributed by atoms with van der Waals surface area (Å²) in [6, 6.07) is 0. The molecule has 1 radical (unpaired) electrons. The molecular weight excluding hydrogens is 155 g/mol. The summed E-state index contributed by atoms with van der Waals surface area (Å²) in [5.41, 5.74) is 0. The van der Waals surface area contributed by atoms with Gasteiger partial charge in [0.25, 0.3) is 0 Å². The second-order valence-corrected chi connectivity index (χ2v) is 3.87. The van der Waals surface area contributed by atoms with Crippen LogP contribution in [0.15, 0.2) is 0 Å². The van der Waals surface area contributed by atoms with E-state index in [-0.39, 0.29) is 28.4 Å². The summed E-state index contributed by atoms with van der Waals surface area (Å²) in [6.45, 7) is 0. The molecule has 0 aliphatic rings. The van der Waals surface area contributed by atoms with E-state index in [9.17, 15) is 0 Å². The van der Waals surface area contributed by atoms with Gasteiger partial charge in [0, 0.05) is 0 Å². The van der Waals surface area contributed by atoms with Crippen molar-refractivity contribution >= 4 is 22.9 Å². The molecule has 4 heavy (non-hydrogen) atoms. The third kappa shape index (κ3) is 13.8. The van der Waals surface area contributed by atoms with Crippen LogP contribution in [0.5, 0.6) is 0 Å². The van der Waals surface area contributed by atoms with Gasteiger partial charge in [-0.25, -0.2) is 0 Å². The Balaban J connectivity index is 0. The molecular formula is C2H8InO. The molecule has 0 rings (SSSR count). The van der Waals surface area contributed by atoms with E-state index in [1.165, 1.54) is 0 Å². The minimum absolute atomic E-state index is 0. The van der Waals surface area contributed by atoms with Gasteiger partial charge in [0.15, 0.2) is 0 Å². The summed E-state index contributed by atoms with van der Waals surface area (Å²) in [5, 5.41) is 0. The normalized spacial score (nSPS) is 3.50. The van der Waals surface area contributed by atoms with Gasteiger partial charge in [0.05, 0.1) is 0 Å². The van der Waals surface area contributed by atoms with Crippen molar-refractivity contribution in [2.75, 3.05) is 0 Å². The Morgan fingerprint density at radius 2 is 1.25 bits per heavy atom. The van der Waals surface area contributed by atoms with E-state index in [0.717, 1.165) is 0 Å². The topological polar surface area (TPSA) is 31.5 Å². The fourth-order valence-electron chi connectivity index (χ4n) is 0. The standard InChI is InChI=1S/2CH3.In.H2O/h2*1H3;;1H2. The Labute approximate surface area is 38.1 Å². The first-order valence-corrected chi connectivity index (χ1v) is 7.75. The molecule has 25 valence electrons. The van der Waals surface area contributed by atoms with Crippen LogP contribution in [0.4, 0.5) is 0 Å². The van der Waals surface area contributed by atoms with Crippen LogP contribution in [0.1, 0.15) is 0 Å². The first kappa shape index (κ1) is 8.85. The van der Waals surface area contributed by atoms with Crippen molar-refractivity contribution in [2.24, 2.45) is 0 Å². The fraction of sp³-hybridized carbons (Fsp3) is 1.00. The van der Waals surface area contributed by atoms with Gasteiger partial charge in [-0.15, -0.1) is 0 Å². The molecule has 0 unspecified atom stereocenters. The molecule has 0 aliphatic carbocycles. The van der Waals surface area contributed by atoms with E-state index in [1.54, 1.807) is 0 Å². The van der Waals surface area contributed by atoms with Crippen LogP contribution < -0.4 is 0 Å². The predicted octanol–water partition coefficient (Wildman–Crippen LogP) is -0.0379. The second kappa shape index (κ2) is 9.16. The average molecular weight is 163 g/mol. The van der Waals surface area contributed by atoms with E-state index < -0.39 is 0 Å². The van der Waals surface area contributed by atoms with E-state index in [4.69, 9.17) is 0 Å². The van der Waals surface area contributed by atoms with Gasteiger partial charge in [-0.1, -0.05) is 0 Å². The molecule has 0 aliphatic heterocycles. The van der Waals surface area contributed by atoms with Crippen molar-refractivity contribution in [3.8, 4) is 0 Å². The molecule has 0 spiro atoms. The molecule has 0 aromatic rings. The molecule has 0 aromatic carbocycles. The van der Waals surface area contributed by atoms with Crippen molar-refractivity contribution < 1.29 is 5.48 Å². The van der Waals surface area contributed by atoms with Gasteiger partial charge in [-0.2, -0.15) is 0 Å². The summed E-state index contributed by atoms with van der Waals surface area (Å²) in [7, 11) is 0. The first-order valence-electron chi connectivity index (χ1n) is 1.15. The Morgan fingerprint density at radius 1 is 1.25 bits per heavy atom. The van der Waals surface area contributed by atoms with Crippen LogP contribution in [-0.4, -0.2) is 28.4 Å². The predicted molar refractivity (Wildman–Crippen MR) is 21.1 cm³/mol. The van der Waals surface area contributed by atoms with Crippen LogP contribution >= 0.6 is 0 Å². The van der Waals surface area contributed by atoms with Gasteiger partial charge in [-0.3, -0.25) is 0 Å². The zero-order valence-corrected chi connectivity index (χ0v) is 6.37. The van der Waals surface area contributed by atoms with Crippen LogP contribution in [0.3, 0.4) is 0 Å². The molecule has 0 fully saturated rings. The third-order valence-corrected chi connectivity index (χ3v) is 0. The monoisotopic (exact) mass is 163 g/mol. The molecule has 0 aromatic heterocycles. The molecule has 2 heteroatoms. The Morgan fingerprint density at radius 3 is 1.25 bits per heavy atom. The maximum atomic E-state index is 2.32. The first-order chi connectivity index (χ1) is 1.41. The molecule has 0 bridgehead atoms. The van der Waals surface area contributed by atoms with Gasteiger partial charge in [0.2, 0.25) is 0 Å². The minimum atomic E-state index is 0. The SMILES string of the molecule is O.[CH3][In][CH3]. The number of hydrogen-bond acceptors (Lipinski definition) is 0. The van der Waals surface area contributed by atoms with Crippen LogP contribution in [0.2, 0.25) is 9.36 Å². The zero-order chi connectivity index (χ0) is 2.71. The molecule has 1 nitrogen and oxygen atoms in total. The molecule has 0 amide bonds. The summed E-state index contributed by atoms with van der Waals surface area (Å²) in [6.07, 6.45) is 0. The molecule has 0 atom stereocenters. The summed E-state index contributed by atoms with van der Waals surface area (Å²) >= 11 is 0.110. The van der Waals surface area contributed by atoms with Crippen LogP contribution in [0.25, 0.3) is 0 Å². The summed E-state index contributed by atoms with van der Waals surface area (Å²) < 4.78 is 4.63. The molecule has 2 N–H and O–H groups in total. The molecule has 0 saturated carbocycles. The van der Waals surface area contributed by atoms with Crippen molar-refractivity contribution in [3.63, 3.8) is 0 Å². The summed E-state index contributed by atoms with van der Waals surface area (Å²) in [4.78, 5) is 0. The molecule has 0 saturated heterocycles. The quantitative estimate of drug-likeness (QED) is 0.479. The Bertz CT molecular complexity index is 6.00. The Kier molecular flexibility index (Phi) is 20.3. The van der Waals surface area contributed by atoms with E-state index in [1.807, 2.05) is 0 Å². The Hall–Kier alpha value is 0.830. The third-order valence-electron chi connectivity index (χ3n) is 0. The fourth-order valence-corrected chi connectivity index (χ4v) is 0. The van der Waals surface area contributed by atoms with Gasteiger partial charge >= 0.3 is 32.3 Å². The second-order valence-electron chi connectivity index (χ2n) is 0.577. The molecule has 0 heterocycles. The van der Waals surface area contributed by atoms with Gasteiger partial charge in [-0.05, 0) is 0 Å². The van der Waals surface area contributed by atoms with Crippen LogP contribution in [-0.2, 0) is 0 Å². The van der Waals surface area contributed by atoms with Gasteiger partial charge in [0.1, 0.15) is 0 Å². The maximum absolute atomic E-state index is 2.32. The van der Waals surface area contributed by atoms with Crippen molar-refractivity contribution in [1.82, 2.24) is 0 Å². The summed E-state index contributed by atoms with van der Waals surface area (Å²) in [5.74, 6) is 0. The van der Waals surface area contributed by atoms with Crippen molar-refractivity contribution in [2.45, 2.75) is 9.36 Å². The zero-order valence-electron chi connectivity index (χ0n) is 3.08. The van der Waals surface area contributed by atoms with E-state index in [0.29, 0.717) is 0 Å². The van der Waals surface area contributed by atoms with Crippen molar-refractivity contribution in [1.29, 1.82) is 0 Å². The van der Waals surface area contributed by atoms with E-state index >= 15 is 0 Å².